The van der Waals surface area contributed by atoms with Crippen LogP contribution in [0.2, 0.25) is 37.3 Å². The zero-order valence-corrected chi connectivity index (χ0v) is 27.2. The standard InChI is InChI=1S/C32H42NO2PSi2/c1-9-37(7,10-2)27-21-23-17-13-15-19-25(23)29-30-26-20-16-14-18-24(26)22-28(38(8,11-3)12-4)32(30)35-36(33(5)6)34-31(27)29/h13-22H,9-12H2,1-8H3. The largest absolute Gasteiger partial charge is 0.408 e. The minimum atomic E-state index is -1.79. The van der Waals surface area contributed by atoms with E-state index in [1.807, 2.05) is 0 Å². The number of hydrogen-bond donors (Lipinski definition) is 0. The molecule has 38 heavy (non-hydrogen) atoms. The first-order chi connectivity index (χ1) is 18.2. The van der Waals surface area contributed by atoms with E-state index in [4.69, 9.17) is 8.39 Å². The fourth-order valence-electron chi connectivity index (χ4n) is 5.84. The maximum Gasteiger partial charge on any atom is 0.309 e. The van der Waals surface area contributed by atoms with Crippen molar-refractivity contribution in [1.82, 2.24) is 0 Å². The summed E-state index contributed by atoms with van der Waals surface area (Å²) in [4.78, 5) is 0. The third-order valence-corrected chi connectivity index (χ3v) is 20.3. The van der Waals surface area contributed by atoms with Gasteiger partial charge in [0.2, 0.25) is 0 Å². The Kier molecular flexibility index (Phi) is 7.43. The van der Waals surface area contributed by atoms with Gasteiger partial charge in [-0.2, -0.15) is 0 Å². The highest BCUT2D eigenvalue weighted by Crippen LogP contribution is 2.42. The summed E-state index contributed by atoms with van der Waals surface area (Å²) in [5.41, 5.74) is 2.14. The quantitative estimate of drug-likeness (QED) is 0.186. The maximum atomic E-state index is 7.09. The summed E-state index contributed by atoms with van der Waals surface area (Å²) < 4.78 is 16.3. The third-order valence-electron chi connectivity index (χ3n) is 9.34. The third kappa shape index (κ3) is 4.28. The van der Waals surface area contributed by atoms with Gasteiger partial charge in [-0.1, -0.05) is 126 Å². The van der Waals surface area contributed by atoms with E-state index in [-0.39, 0.29) is 0 Å². The molecule has 3 nitrogen and oxygen atoms in total. The van der Waals surface area contributed by atoms with E-state index in [9.17, 15) is 0 Å². The van der Waals surface area contributed by atoms with Gasteiger partial charge in [-0.3, -0.25) is 0 Å². The van der Waals surface area contributed by atoms with Crippen LogP contribution in [0.1, 0.15) is 27.7 Å². The van der Waals surface area contributed by atoms with Crippen LogP contribution in [0.25, 0.3) is 43.5 Å². The predicted octanol–water partition coefficient (Wildman–Crippen LogP) is 9.44. The molecule has 0 aliphatic heterocycles. The van der Waals surface area contributed by atoms with Gasteiger partial charge in [0.05, 0.1) is 16.1 Å². The molecule has 0 spiro atoms. The molecular formula is C32H42NO2PSi2. The molecule has 6 heteroatoms. The highest BCUT2D eigenvalue weighted by atomic mass is 31.1. The van der Waals surface area contributed by atoms with Crippen LogP contribution >= 0.6 is 8.16 Å². The van der Waals surface area contributed by atoms with Crippen LogP contribution in [-0.4, -0.2) is 30.2 Å². The highest BCUT2D eigenvalue weighted by Gasteiger charge is 2.33. The first-order valence-electron chi connectivity index (χ1n) is 14.2. The normalized spacial score (nSPS) is 12.9. The second kappa shape index (κ2) is 10.3. The minimum Gasteiger partial charge on any atom is -0.408 e. The van der Waals surface area contributed by atoms with Crippen LogP contribution in [-0.2, 0) is 0 Å². The lowest BCUT2D eigenvalue weighted by molar-refractivity contribution is 0.637. The number of hydrogen-bond acceptors (Lipinski definition) is 3. The molecule has 1 heterocycles. The van der Waals surface area contributed by atoms with E-state index in [0.29, 0.717) is 0 Å². The Morgan fingerprint density at radius 1 is 0.632 bits per heavy atom. The van der Waals surface area contributed by atoms with Crippen LogP contribution < -0.4 is 15.0 Å². The molecule has 0 aliphatic carbocycles. The van der Waals surface area contributed by atoms with Crippen LogP contribution in [0, 0.1) is 0 Å². The molecule has 0 unspecified atom stereocenters. The Morgan fingerprint density at radius 3 is 1.34 bits per heavy atom. The lowest BCUT2D eigenvalue weighted by Gasteiger charge is -2.27. The summed E-state index contributed by atoms with van der Waals surface area (Å²) in [6.07, 6.45) is 0. The Morgan fingerprint density at radius 2 is 1.00 bits per heavy atom. The van der Waals surface area contributed by atoms with Crippen molar-refractivity contribution in [3.63, 3.8) is 0 Å². The number of nitrogens with zero attached hydrogens (tertiary/aromatic N) is 1. The average molecular weight is 560 g/mol. The predicted molar refractivity (Wildman–Crippen MR) is 176 cm³/mol. The van der Waals surface area contributed by atoms with E-state index in [1.54, 1.807) is 0 Å². The summed E-state index contributed by atoms with van der Waals surface area (Å²) in [6, 6.07) is 27.4. The van der Waals surface area contributed by atoms with Crippen molar-refractivity contribution in [3.05, 3.63) is 60.7 Å². The van der Waals surface area contributed by atoms with E-state index < -0.39 is 24.3 Å². The SMILES string of the molecule is CC[Si](C)(CC)c1cc2ccccc2c2c1op(N(C)C)oc1c([Si](C)(CC)CC)cc3ccccc3c12. The molecule has 0 aliphatic rings. The molecule has 0 fully saturated rings. The molecule has 5 aromatic rings. The zero-order valence-electron chi connectivity index (χ0n) is 24.3. The van der Waals surface area contributed by atoms with Gasteiger partial charge in [0.1, 0.15) is 11.2 Å². The molecule has 0 atom stereocenters. The van der Waals surface area contributed by atoms with Gasteiger partial charge in [-0.25, -0.2) is 4.67 Å². The first-order valence-corrected chi connectivity index (χ1v) is 21.1. The molecule has 1 aromatic heterocycles. The van der Waals surface area contributed by atoms with Crippen LogP contribution in [0.15, 0.2) is 69.1 Å². The monoisotopic (exact) mass is 559 g/mol. The summed E-state index contributed by atoms with van der Waals surface area (Å²) in [7, 11) is -0.714. The van der Waals surface area contributed by atoms with Crippen LogP contribution in [0.5, 0.6) is 0 Å². The molecule has 0 saturated heterocycles. The lowest BCUT2D eigenvalue weighted by Crippen LogP contribution is -2.43. The Labute approximate surface area is 230 Å². The van der Waals surface area contributed by atoms with E-state index in [0.717, 1.165) is 11.2 Å². The smallest absolute Gasteiger partial charge is 0.309 e. The molecule has 0 amide bonds. The van der Waals surface area contributed by atoms with E-state index in [1.165, 1.54) is 66.9 Å². The van der Waals surface area contributed by atoms with Crippen molar-refractivity contribution in [2.24, 2.45) is 0 Å². The van der Waals surface area contributed by atoms with Gasteiger partial charge in [0.25, 0.3) is 0 Å². The summed E-state index contributed by atoms with van der Waals surface area (Å²) in [5.74, 6) is 0. The zero-order chi connectivity index (χ0) is 27.2. The van der Waals surface area contributed by atoms with Crippen LogP contribution in [0.4, 0.5) is 0 Å². The Bertz CT molecular complexity index is 1560. The number of benzene rings is 4. The Balaban J connectivity index is 2.23. The van der Waals surface area contributed by atoms with Crippen molar-refractivity contribution >= 4 is 78.2 Å². The molecule has 0 radical (unpaired) electrons. The minimum absolute atomic E-state index is 1.07. The summed E-state index contributed by atoms with van der Waals surface area (Å²) in [6.45, 7) is 14.5. The van der Waals surface area contributed by atoms with Gasteiger partial charge < -0.3 is 8.39 Å². The lowest BCUT2D eigenvalue weighted by atomic mass is 9.98. The fraction of sp³-hybridized carbons (Fsp3) is 0.375. The molecule has 5 rings (SSSR count). The fourth-order valence-corrected chi connectivity index (χ4v) is 12.0. The second-order valence-corrected chi connectivity index (χ2v) is 23.3. The average Bonchev–Trinajstić information content (AvgIpc) is 3.13. The Hall–Kier alpha value is -2.31. The van der Waals surface area contributed by atoms with Crippen LogP contribution in [0.3, 0.4) is 0 Å². The molecule has 0 saturated carbocycles. The van der Waals surface area contributed by atoms with Crippen molar-refractivity contribution in [3.8, 4) is 0 Å². The molecule has 200 valence electrons. The van der Waals surface area contributed by atoms with Gasteiger partial charge in [-0.05, 0) is 31.9 Å². The summed E-state index contributed by atoms with van der Waals surface area (Å²) >= 11 is 0. The summed E-state index contributed by atoms with van der Waals surface area (Å²) in [5, 5.41) is 10.5. The number of rotatable bonds is 7. The van der Waals surface area contributed by atoms with E-state index >= 15 is 0 Å². The van der Waals surface area contributed by atoms with Gasteiger partial charge in [0.15, 0.2) is 0 Å². The topological polar surface area (TPSA) is 29.5 Å². The highest BCUT2D eigenvalue weighted by molar-refractivity contribution is 7.38. The molecule has 0 bridgehead atoms. The molecule has 4 aromatic carbocycles. The van der Waals surface area contributed by atoms with Crippen molar-refractivity contribution < 1.29 is 8.39 Å². The molecular weight excluding hydrogens is 518 g/mol. The first kappa shape index (κ1) is 27.3. The van der Waals surface area contributed by atoms with Crippen molar-refractivity contribution in [1.29, 1.82) is 0 Å². The molecule has 0 N–H and O–H groups in total. The van der Waals surface area contributed by atoms with Gasteiger partial charge in [-0.15, -0.1) is 0 Å². The van der Waals surface area contributed by atoms with E-state index in [2.05, 4.69) is 120 Å². The van der Waals surface area contributed by atoms with Gasteiger partial charge in [0, 0.05) is 24.9 Å². The number of fused-ring (bicyclic) bond motifs is 7. The van der Waals surface area contributed by atoms with Crippen molar-refractivity contribution in [2.75, 3.05) is 18.8 Å². The second-order valence-electron chi connectivity index (χ2n) is 11.5. The maximum absolute atomic E-state index is 7.09. The van der Waals surface area contributed by atoms with Crippen molar-refractivity contribution in [2.45, 2.75) is 65.0 Å². The van der Waals surface area contributed by atoms with Gasteiger partial charge >= 0.3 is 8.16 Å².